The van der Waals surface area contributed by atoms with Gasteiger partial charge < -0.3 is 15.4 Å². The van der Waals surface area contributed by atoms with Gasteiger partial charge in [-0.1, -0.05) is 31.4 Å². The maximum absolute atomic E-state index is 13.3. The maximum atomic E-state index is 13.3. The van der Waals surface area contributed by atoms with Crippen LogP contribution in [0.2, 0.25) is 0 Å². The van der Waals surface area contributed by atoms with E-state index in [-0.39, 0.29) is 11.2 Å². The molecule has 6 heteroatoms. The summed E-state index contributed by atoms with van der Waals surface area (Å²) >= 11 is 5.47. The molecule has 0 bridgehead atoms. The van der Waals surface area contributed by atoms with Gasteiger partial charge in [-0.25, -0.2) is 9.37 Å². The van der Waals surface area contributed by atoms with Crippen LogP contribution in [0, 0.1) is 5.82 Å². The van der Waals surface area contributed by atoms with Crippen molar-refractivity contribution < 1.29 is 9.13 Å². The molecule has 26 heavy (non-hydrogen) atoms. The molecule has 0 amide bonds. The first-order valence-corrected chi connectivity index (χ1v) is 9.34. The lowest BCUT2D eigenvalue weighted by atomic mass is 9.69. The predicted octanol–water partition coefficient (Wildman–Crippen LogP) is 4.42. The standard InChI is InChI=1S/C20H24FN3OS/c1-25-18-17(6-5-13-22-18)24-19(26)23-14-20(11-3-2-4-12-20)15-7-9-16(21)10-8-15/h5-10,13H,2-4,11-12,14H2,1H3,(H2,23,24,26). The molecule has 138 valence electrons. The third kappa shape index (κ3) is 4.30. The third-order valence-electron chi connectivity index (χ3n) is 5.07. The van der Waals surface area contributed by atoms with Gasteiger partial charge in [-0.05, 0) is 54.9 Å². The number of anilines is 1. The van der Waals surface area contributed by atoms with E-state index in [0.717, 1.165) is 18.5 Å². The molecule has 1 aromatic carbocycles. The molecule has 1 aliphatic rings. The summed E-state index contributed by atoms with van der Waals surface area (Å²) in [5.74, 6) is 0.302. The highest BCUT2D eigenvalue weighted by molar-refractivity contribution is 7.80. The Balaban J connectivity index is 1.70. The van der Waals surface area contributed by atoms with E-state index in [1.54, 1.807) is 25.4 Å². The summed E-state index contributed by atoms with van der Waals surface area (Å²) in [6, 6.07) is 10.6. The number of benzene rings is 1. The van der Waals surface area contributed by atoms with Crippen LogP contribution in [0.5, 0.6) is 5.88 Å². The minimum atomic E-state index is -0.200. The quantitative estimate of drug-likeness (QED) is 0.760. The minimum absolute atomic E-state index is 0.0171. The first kappa shape index (κ1) is 18.6. The van der Waals surface area contributed by atoms with Crippen molar-refractivity contribution >= 4 is 23.0 Å². The molecule has 3 rings (SSSR count). The van der Waals surface area contributed by atoms with Crippen LogP contribution in [-0.2, 0) is 5.41 Å². The van der Waals surface area contributed by atoms with Crippen molar-refractivity contribution in [2.24, 2.45) is 0 Å². The molecule has 1 fully saturated rings. The highest BCUT2D eigenvalue weighted by Gasteiger charge is 2.34. The number of hydrogen-bond donors (Lipinski definition) is 2. The number of pyridine rings is 1. The summed E-state index contributed by atoms with van der Waals surface area (Å²) in [5.41, 5.74) is 1.89. The van der Waals surface area contributed by atoms with Gasteiger partial charge in [0.15, 0.2) is 5.11 Å². The average molecular weight is 373 g/mol. The molecule has 4 nitrogen and oxygen atoms in total. The second kappa shape index (κ2) is 8.45. The van der Waals surface area contributed by atoms with Crippen LogP contribution in [0.25, 0.3) is 0 Å². The van der Waals surface area contributed by atoms with E-state index >= 15 is 0 Å². The smallest absolute Gasteiger partial charge is 0.237 e. The zero-order chi connectivity index (χ0) is 18.4. The van der Waals surface area contributed by atoms with Gasteiger partial charge in [-0.2, -0.15) is 0 Å². The lowest BCUT2D eigenvalue weighted by molar-refractivity contribution is 0.292. The zero-order valence-corrected chi connectivity index (χ0v) is 15.7. The lowest BCUT2D eigenvalue weighted by Crippen LogP contribution is -2.43. The third-order valence-corrected chi connectivity index (χ3v) is 5.31. The number of nitrogens with one attached hydrogen (secondary N) is 2. The molecular formula is C20H24FN3OS. The molecular weight excluding hydrogens is 349 g/mol. The van der Waals surface area contributed by atoms with Crippen molar-refractivity contribution in [1.82, 2.24) is 10.3 Å². The monoisotopic (exact) mass is 373 g/mol. The number of ether oxygens (including phenoxy) is 1. The van der Waals surface area contributed by atoms with Crippen LogP contribution >= 0.6 is 12.2 Å². The summed E-state index contributed by atoms with van der Waals surface area (Å²) < 4.78 is 18.6. The molecule has 0 saturated heterocycles. The van der Waals surface area contributed by atoms with Crippen LogP contribution < -0.4 is 15.4 Å². The van der Waals surface area contributed by atoms with Crippen LogP contribution in [-0.4, -0.2) is 23.8 Å². The number of nitrogens with zero attached hydrogens (tertiary/aromatic N) is 1. The Bertz CT molecular complexity index is 745. The van der Waals surface area contributed by atoms with Crippen LogP contribution in [0.15, 0.2) is 42.6 Å². The Hall–Kier alpha value is -2.21. The summed E-state index contributed by atoms with van der Waals surface area (Å²) in [7, 11) is 1.58. The molecule has 1 aliphatic carbocycles. The number of halogens is 1. The van der Waals surface area contributed by atoms with Crippen molar-refractivity contribution in [3.8, 4) is 5.88 Å². The fourth-order valence-corrected chi connectivity index (χ4v) is 3.85. The molecule has 0 atom stereocenters. The topological polar surface area (TPSA) is 46.2 Å². The molecule has 1 aromatic heterocycles. The van der Waals surface area contributed by atoms with Gasteiger partial charge in [-0.15, -0.1) is 0 Å². The van der Waals surface area contributed by atoms with E-state index in [9.17, 15) is 4.39 Å². The highest BCUT2D eigenvalue weighted by Crippen LogP contribution is 2.39. The van der Waals surface area contributed by atoms with Gasteiger partial charge in [0, 0.05) is 18.2 Å². The highest BCUT2D eigenvalue weighted by atomic mass is 32.1. The van der Waals surface area contributed by atoms with E-state index in [4.69, 9.17) is 17.0 Å². The number of aromatic nitrogens is 1. The van der Waals surface area contributed by atoms with Crippen molar-refractivity contribution in [3.05, 3.63) is 54.0 Å². The Morgan fingerprint density at radius 2 is 1.92 bits per heavy atom. The fourth-order valence-electron chi connectivity index (χ4n) is 3.66. The van der Waals surface area contributed by atoms with Crippen molar-refractivity contribution in [1.29, 1.82) is 0 Å². The fraction of sp³-hybridized carbons (Fsp3) is 0.400. The van der Waals surface area contributed by atoms with E-state index in [2.05, 4.69) is 15.6 Å². The van der Waals surface area contributed by atoms with E-state index in [0.29, 0.717) is 17.5 Å². The lowest BCUT2D eigenvalue weighted by Gasteiger charge is -2.38. The van der Waals surface area contributed by atoms with Crippen molar-refractivity contribution in [2.75, 3.05) is 19.0 Å². The first-order valence-electron chi connectivity index (χ1n) is 8.93. The van der Waals surface area contributed by atoms with Crippen molar-refractivity contribution in [3.63, 3.8) is 0 Å². The molecule has 0 aliphatic heterocycles. The summed E-state index contributed by atoms with van der Waals surface area (Å²) in [5, 5.41) is 7.03. The number of methoxy groups -OCH3 is 1. The molecule has 1 heterocycles. The van der Waals surface area contributed by atoms with E-state index in [1.807, 2.05) is 24.3 Å². The van der Waals surface area contributed by atoms with Gasteiger partial charge in [0.1, 0.15) is 11.5 Å². The summed E-state index contributed by atoms with van der Waals surface area (Å²) in [6.45, 7) is 0.715. The molecule has 0 spiro atoms. The van der Waals surface area contributed by atoms with Crippen LogP contribution in [0.4, 0.5) is 10.1 Å². The molecule has 1 saturated carbocycles. The largest absolute Gasteiger partial charge is 0.480 e. The zero-order valence-electron chi connectivity index (χ0n) is 14.9. The number of hydrogen-bond acceptors (Lipinski definition) is 3. The second-order valence-corrected chi connectivity index (χ2v) is 7.12. The number of thiocarbonyl (C=S) groups is 1. The van der Waals surface area contributed by atoms with Crippen LogP contribution in [0.3, 0.4) is 0 Å². The summed E-state index contributed by atoms with van der Waals surface area (Å²) in [4.78, 5) is 4.16. The van der Waals surface area contributed by atoms with E-state index < -0.39 is 0 Å². The van der Waals surface area contributed by atoms with Gasteiger partial charge in [-0.3, -0.25) is 0 Å². The minimum Gasteiger partial charge on any atom is -0.480 e. The number of rotatable bonds is 5. The van der Waals surface area contributed by atoms with Gasteiger partial charge in [0.2, 0.25) is 5.88 Å². The molecule has 0 radical (unpaired) electrons. The second-order valence-electron chi connectivity index (χ2n) is 6.72. The first-order chi connectivity index (χ1) is 12.6. The van der Waals surface area contributed by atoms with Gasteiger partial charge >= 0.3 is 0 Å². The average Bonchev–Trinajstić information content (AvgIpc) is 2.68. The Labute approximate surface area is 159 Å². The normalized spacial score (nSPS) is 15.9. The van der Waals surface area contributed by atoms with Crippen molar-refractivity contribution in [2.45, 2.75) is 37.5 Å². The van der Waals surface area contributed by atoms with Gasteiger partial charge in [0.05, 0.1) is 7.11 Å². The molecule has 2 N–H and O–H groups in total. The molecule has 0 unspecified atom stereocenters. The Morgan fingerprint density at radius 3 is 2.62 bits per heavy atom. The SMILES string of the molecule is COc1ncccc1NC(=S)NCC1(c2ccc(F)cc2)CCCCC1. The Kier molecular flexibility index (Phi) is 6.04. The predicted molar refractivity (Wildman–Crippen MR) is 106 cm³/mol. The van der Waals surface area contributed by atoms with Gasteiger partial charge in [0.25, 0.3) is 0 Å². The van der Waals surface area contributed by atoms with E-state index in [1.165, 1.54) is 24.8 Å². The molecule has 2 aromatic rings. The summed E-state index contributed by atoms with van der Waals surface area (Å²) in [6.07, 6.45) is 7.42. The Morgan fingerprint density at radius 1 is 1.19 bits per heavy atom. The van der Waals surface area contributed by atoms with Crippen LogP contribution in [0.1, 0.15) is 37.7 Å². The maximum Gasteiger partial charge on any atom is 0.237 e.